The molecule has 0 bridgehead atoms. The average Bonchev–Trinajstić information content (AvgIpc) is 3.38. The summed E-state index contributed by atoms with van der Waals surface area (Å²) < 4.78 is 3.75. The summed E-state index contributed by atoms with van der Waals surface area (Å²) in [6.07, 6.45) is 1.85. The van der Waals surface area contributed by atoms with Crippen molar-refractivity contribution in [2.75, 3.05) is 31.1 Å². The Balaban J connectivity index is 1.20. The summed E-state index contributed by atoms with van der Waals surface area (Å²) in [4.78, 5) is 21.6. The van der Waals surface area contributed by atoms with Gasteiger partial charge in [-0.15, -0.1) is 5.10 Å². The number of imidazole rings is 1. The molecule has 1 aliphatic heterocycles. The maximum atomic E-state index is 12.8. The minimum absolute atomic E-state index is 0.0772. The van der Waals surface area contributed by atoms with E-state index in [0.29, 0.717) is 6.54 Å². The largest absolute Gasteiger partial charge is 0.368 e. The molecular weight excluding hydrogens is 390 g/mol. The third-order valence-corrected chi connectivity index (χ3v) is 5.80. The fraction of sp³-hybridized carbons (Fsp3) is 0.304. The summed E-state index contributed by atoms with van der Waals surface area (Å²) in [5, 5.41) is 8.45. The molecule has 0 atom stereocenters. The van der Waals surface area contributed by atoms with Crippen LogP contribution in [-0.4, -0.2) is 61.5 Å². The molecule has 0 radical (unpaired) electrons. The van der Waals surface area contributed by atoms with Gasteiger partial charge in [0.05, 0.1) is 23.8 Å². The fourth-order valence-corrected chi connectivity index (χ4v) is 4.14. The van der Waals surface area contributed by atoms with Gasteiger partial charge in [-0.25, -0.2) is 9.67 Å². The molecule has 1 aliphatic rings. The number of aryl methyl sites for hydroxylation is 1. The zero-order valence-electron chi connectivity index (χ0n) is 17.6. The molecule has 2 aromatic heterocycles. The first-order valence-corrected chi connectivity index (χ1v) is 10.6. The van der Waals surface area contributed by atoms with E-state index < -0.39 is 0 Å². The monoisotopic (exact) mass is 415 g/mol. The summed E-state index contributed by atoms with van der Waals surface area (Å²) in [5.41, 5.74) is 4.06. The SMILES string of the molecule is Cc1nc2ccccc2n1Cc1cn(CC(=O)N2CCN(c3ccccc3)CC2)nn1. The number of fused-ring (bicyclic) bond motifs is 1. The number of anilines is 1. The Morgan fingerprint density at radius 3 is 2.52 bits per heavy atom. The van der Waals surface area contributed by atoms with Crippen LogP contribution in [0.4, 0.5) is 5.69 Å². The lowest BCUT2D eigenvalue weighted by molar-refractivity contribution is -0.132. The van der Waals surface area contributed by atoms with Gasteiger partial charge >= 0.3 is 0 Å². The van der Waals surface area contributed by atoms with Crippen molar-refractivity contribution in [3.8, 4) is 0 Å². The molecule has 1 saturated heterocycles. The van der Waals surface area contributed by atoms with Crippen LogP contribution in [0.25, 0.3) is 11.0 Å². The molecule has 5 rings (SSSR count). The lowest BCUT2D eigenvalue weighted by atomic mass is 10.2. The first-order valence-electron chi connectivity index (χ1n) is 10.6. The average molecular weight is 416 g/mol. The van der Waals surface area contributed by atoms with Crippen molar-refractivity contribution < 1.29 is 4.79 Å². The predicted molar refractivity (Wildman–Crippen MR) is 119 cm³/mol. The second kappa shape index (κ2) is 8.22. The van der Waals surface area contributed by atoms with Crippen LogP contribution in [0.3, 0.4) is 0 Å². The lowest BCUT2D eigenvalue weighted by Crippen LogP contribution is -2.49. The maximum absolute atomic E-state index is 12.8. The van der Waals surface area contributed by atoms with Gasteiger partial charge in [-0.2, -0.15) is 0 Å². The van der Waals surface area contributed by atoms with E-state index in [2.05, 4.69) is 43.0 Å². The quantitative estimate of drug-likeness (QED) is 0.500. The van der Waals surface area contributed by atoms with Crippen molar-refractivity contribution in [3.63, 3.8) is 0 Å². The molecular formula is C23H25N7O. The third-order valence-electron chi connectivity index (χ3n) is 5.80. The Morgan fingerprint density at radius 1 is 0.968 bits per heavy atom. The first-order chi connectivity index (χ1) is 15.2. The highest BCUT2D eigenvalue weighted by molar-refractivity contribution is 5.76. The third kappa shape index (κ3) is 4.01. The molecule has 31 heavy (non-hydrogen) atoms. The number of amides is 1. The summed E-state index contributed by atoms with van der Waals surface area (Å²) in [5.74, 6) is 1.01. The number of hydrogen-bond acceptors (Lipinski definition) is 5. The molecule has 0 unspecified atom stereocenters. The van der Waals surface area contributed by atoms with Crippen molar-refractivity contribution in [1.82, 2.24) is 29.4 Å². The molecule has 158 valence electrons. The highest BCUT2D eigenvalue weighted by atomic mass is 16.2. The number of para-hydroxylation sites is 3. The van der Waals surface area contributed by atoms with Crippen molar-refractivity contribution in [3.05, 3.63) is 72.3 Å². The standard InChI is InChI=1S/C23H25N7O/c1-18-24-21-9-5-6-10-22(21)30(18)16-19-15-29(26-25-19)17-23(31)28-13-11-27(12-14-28)20-7-3-2-4-8-20/h2-10,15H,11-14,16-17H2,1H3. The second-order valence-electron chi connectivity index (χ2n) is 7.84. The molecule has 0 N–H and O–H groups in total. The first kappa shape index (κ1) is 19.3. The van der Waals surface area contributed by atoms with E-state index in [-0.39, 0.29) is 12.5 Å². The molecule has 3 heterocycles. The van der Waals surface area contributed by atoms with Crippen molar-refractivity contribution in [2.24, 2.45) is 0 Å². The molecule has 1 fully saturated rings. The molecule has 4 aromatic rings. The predicted octanol–water partition coefficient (Wildman–Crippen LogP) is 2.33. The number of rotatable bonds is 5. The maximum Gasteiger partial charge on any atom is 0.244 e. The van der Waals surface area contributed by atoms with E-state index in [1.54, 1.807) is 4.68 Å². The molecule has 0 spiro atoms. The van der Waals surface area contributed by atoms with Crippen LogP contribution in [0.2, 0.25) is 0 Å². The zero-order valence-corrected chi connectivity index (χ0v) is 17.6. The van der Waals surface area contributed by atoms with E-state index in [4.69, 9.17) is 0 Å². The minimum atomic E-state index is 0.0772. The smallest absolute Gasteiger partial charge is 0.244 e. The topological polar surface area (TPSA) is 72.1 Å². The number of piperazine rings is 1. The van der Waals surface area contributed by atoms with Gasteiger partial charge in [0.15, 0.2) is 0 Å². The fourth-order valence-electron chi connectivity index (χ4n) is 4.14. The van der Waals surface area contributed by atoms with Gasteiger partial charge in [-0.3, -0.25) is 4.79 Å². The molecule has 2 aromatic carbocycles. The van der Waals surface area contributed by atoms with Crippen LogP contribution in [0.1, 0.15) is 11.5 Å². The van der Waals surface area contributed by atoms with Gasteiger partial charge in [-0.05, 0) is 31.2 Å². The molecule has 8 nitrogen and oxygen atoms in total. The minimum Gasteiger partial charge on any atom is -0.368 e. The zero-order chi connectivity index (χ0) is 21.2. The number of carbonyl (C=O) groups excluding carboxylic acids is 1. The molecule has 0 saturated carbocycles. The highest BCUT2D eigenvalue weighted by Crippen LogP contribution is 2.17. The summed E-state index contributed by atoms with van der Waals surface area (Å²) >= 11 is 0. The lowest BCUT2D eigenvalue weighted by Gasteiger charge is -2.36. The number of benzene rings is 2. The highest BCUT2D eigenvalue weighted by Gasteiger charge is 2.22. The van der Waals surface area contributed by atoms with Crippen LogP contribution in [0.15, 0.2) is 60.8 Å². The van der Waals surface area contributed by atoms with Gasteiger partial charge in [0.25, 0.3) is 0 Å². The Morgan fingerprint density at radius 2 is 1.71 bits per heavy atom. The van der Waals surface area contributed by atoms with Crippen LogP contribution < -0.4 is 4.90 Å². The number of aromatic nitrogens is 5. The number of nitrogens with zero attached hydrogens (tertiary/aromatic N) is 7. The Labute approximate surface area is 180 Å². The Kier molecular flexibility index (Phi) is 5.11. The van der Waals surface area contributed by atoms with E-state index in [0.717, 1.165) is 48.7 Å². The van der Waals surface area contributed by atoms with Gasteiger partial charge in [0.2, 0.25) is 5.91 Å². The van der Waals surface area contributed by atoms with Crippen LogP contribution >= 0.6 is 0 Å². The normalized spacial score (nSPS) is 14.4. The number of carbonyl (C=O) groups is 1. The van der Waals surface area contributed by atoms with Crippen LogP contribution in [-0.2, 0) is 17.9 Å². The molecule has 8 heteroatoms. The van der Waals surface area contributed by atoms with Gasteiger partial charge < -0.3 is 14.4 Å². The van der Waals surface area contributed by atoms with E-state index in [9.17, 15) is 4.79 Å². The van der Waals surface area contributed by atoms with Gasteiger partial charge in [0, 0.05) is 31.9 Å². The van der Waals surface area contributed by atoms with Gasteiger partial charge in [0.1, 0.15) is 18.1 Å². The van der Waals surface area contributed by atoms with Crippen LogP contribution in [0.5, 0.6) is 0 Å². The molecule has 0 aliphatic carbocycles. The van der Waals surface area contributed by atoms with E-state index in [1.807, 2.05) is 54.4 Å². The summed E-state index contributed by atoms with van der Waals surface area (Å²) in [6, 6.07) is 18.4. The van der Waals surface area contributed by atoms with Crippen molar-refractivity contribution >= 4 is 22.6 Å². The number of hydrogen-bond donors (Lipinski definition) is 0. The summed E-state index contributed by atoms with van der Waals surface area (Å²) in [7, 11) is 0. The molecule has 1 amide bonds. The van der Waals surface area contributed by atoms with Gasteiger partial charge in [-0.1, -0.05) is 35.5 Å². The van der Waals surface area contributed by atoms with E-state index >= 15 is 0 Å². The Hall–Kier alpha value is -3.68. The van der Waals surface area contributed by atoms with Crippen molar-refractivity contribution in [1.29, 1.82) is 0 Å². The second-order valence-corrected chi connectivity index (χ2v) is 7.84. The van der Waals surface area contributed by atoms with E-state index in [1.165, 1.54) is 5.69 Å². The van der Waals surface area contributed by atoms with Crippen LogP contribution in [0, 0.1) is 6.92 Å². The van der Waals surface area contributed by atoms with Crippen molar-refractivity contribution in [2.45, 2.75) is 20.0 Å². The summed E-state index contributed by atoms with van der Waals surface area (Å²) in [6.45, 7) is 5.89. The Bertz CT molecular complexity index is 1190.